The second-order valence-corrected chi connectivity index (χ2v) is 4.66. The van der Waals surface area contributed by atoms with E-state index >= 15 is 0 Å². The molecule has 0 bridgehead atoms. The van der Waals surface area contributed by atoms with E-state index in [1.54, 1.807) is 23.9 Å². The molecule has 0 radical (unpaired) electrons. The summed E-state index contributed by atoms with van der Waals surface area (Å²) in [5.41, 5.74) is 1.60. The molecule has 0 fully saturated rings. The Morgan fingerprint density at radius 3 is 3.05 bits per heavy atom. The highest BCUT2D eigenvalue weighted by Gasteiger charge is 2.04. The molecule has 0 spiro atoms. The van der Waals surface area contributed by atoms with Crippen LogP contribution in [0.3, 0.4) is 0 Å². The Bertz CT molecular complexity index is 559. The van der Waals surface area contributed by atoms with Crippen molar-refractivity contribution in [1.82, 2.24) is 15.0 Å². The molecule has 1 aromatic heterocycles. The first-order valence-corrected chi connectivity index (χ1v) is 6.68. The predicted octanol–water partition coefficient (Wildman–Crippen LogP) is 1.93. The number of aromatic nitrogens is 3. The number of benzene rings is 1. The molecule has 1 aromatic carbocycles. The van der Waals surface area contributed by atoms with E-state index < -0.39 is 0 Å². The Kier molecular flexibility index (Phi) is 5.20. The minimum atomic E-state index is 0.146. The zero-order valence-corrected chi connectivity index (χ0v) is 12.0. The third-order valence-corrected chi connectivity index (χ3v) is 3.09. The van der Waals surface area contributed by atoms with E-state index in [9.17, 15) is 0 Å². The number of hydrogen-bond donors (Lipinski definition) is 2. The highest BCUT2D eigenvalue weighted by Crippen LogP contribution is 2.26. The van der Waals surface area contributed by atoms with Gasteiger partial charge < -0.3 is 15.2 Å². The Labute approximate surface area is 122 Å². The number of halogens is 1. The van der Waals surface area contributed by atoms with Gasteiger partial charge in [-0.15, -0.1) is 5.10 Å². The molecule has 0 amide bonds. The fourth-order valence-electron chi connectivity index (χ4n) is 1.71. The second-order valence-electron chi connectivity index (χ2n) is 4.25. The molecule has 0 aliphatic heterocycles. The van der Waals surface area contributed by atoms with Gasteiger partial charge in [0.1, 0.15) is 11.4 Å². The van der Waals surface area contributed by atoms with Crippen LogP contribution in [0.4, 0.5) is 5.69 Å². The van der Waals surface area contributed by atoms with Gasteiger partial charge in [0.25, 0.3) is 0 Å². The largest absolute Gasteiger partial charge is 0.497 e. The van der Waals surface area contributed by atoms with Crippen molar-refractivity contribution in [1.29, 1.82) is 0 Å². The van der Waals surface area contributed by atoms with Gasteiger partial charge in [0.2, 0.25) is 0 Å². The number of methoxy groups -OCH3 is 1. The van der Waals surface area contributed by atoms with Crippen molar-refractivity contribution in [3.05, 3.63) is 35.1 Å². The Hall–Kier alpha value is -1.79. The number of ether oxygens (including phenoxy) is 1. The average molecular weight is 297 g/mol. The van der Waals surface area contributed by atoms with Crippen LogP contribution in [0.2, 0.25) is 5.02 Å². The maximum absolute atomic E-state index is 8.77. The minimum Gasteiger partial charge on any atom is -0.497 e. The molecule has 2 N–H and O–H groups in total. The van der Waals surface area contributed by atoms with Crippen molar-refractivity contribution in [3.8, 4) is 5.75 Å². The van der Waals surface area contributed by atoms with Crippen LogP contribution in [0.25, 0.3) is 0 Å². The van der Waals surface area contributed by atoms with Crippen molar-refractivity contribution >= 4 is 17.3 Å². The second kappa shape index (κ2) is 7.12. The molecule has 6 nitrogen and oxygen atoms in total. The fourth-order valence-corrected chi connectivity index (χ4v) is 1.90. The van der Waals surface area contributed by atoms with E-state index in [0.717, 1.165) is 17.1 Å². The van der Waals surface area contributed by atoms with Crippen molar-refractivity contribution in [2.24, 2.45) is 0 Å². The quantitative estimate of drug-likeness (QED) is 0.817. The summed E-state index contributed by atoms with van der Waals surface area (Å²) in [4.78, 5) is 0. The fraction of sp³-hybridized carbons (Fsp3) is 0.385. The summed E-state index contributed by atoms with van der Waals surface area (Å²) < 4.78 is 6.86. The van der Waals surface area contributed by atoms with Crippen molar-refractivity contribution in [3.63, 3.8) is 0 Å². The summed E-state index contributed by atoms with van der Waals surface area (Å²) in [6.07, 6.45) is 2.51. The monoisotopic (exact) mass is 296 g/mol. The Morgan fingerprint density at radius 2 is 2.30 bits per heavy atom. The summed E-state index contributed by atoms with van der Waals surface area (Å²) in [5.74, 6) is 0.739. The number of nitrogens with zero attached hydrogens (tertiary/aromatic N) is 3. The van der Waals surface area contributed by atoms with E-state index in [0.29, 0.717) is 24.5 Å². The van der Waals surface area contributed by atoms with Crippen molar-refractivity contribution < 1.29 is 9.84 Å². The number of aliphatic hydroxyl groups excluding tert-OH is 1. The molecule has 1 heterocycles. The van der Waals surface area contributed by atoms with Gasteiger partial charge in [0.15, 0.2) is 0 Å². The lowest BCUT2D eigenvalue weighted by atomic mass is 10.3. The molecule has 0 aliphatic carbocycles. The van der Waals surface area contributed by atoms with Crippen LogP contribution < -0.4 is 10.1 Å². The third-order valence-electron chi connectivity index (χ3n) is 2.76. The molecule has 0 saturated heterocycles. The van der Waals surface area contributed by atoms with Gasteiger partial charge in [-0.1, -0.05) is 16.8 Å². The molecule has 0 aliphatic rings. The number of rotatable bonds is 7. The standard InChI is InChI=1S/C13H17ClN4O2/c1-20-11-3-4-12(14)13(7-11)15-8-10-9-18(17-16-10)5-2-6-19/h3-4,7,9,15,19H,2,5-6,8H2,1H3. The van der Waals surface area contributed by atoms with E-state index in [1.807, 2.05) is 12.3 Å². The van der Waals surface area contributed by atoms with Crippen LogP contribution in [0.5, 0.6) is 5.75 Å². The predicted molar refractivity (Wildman–Crippen MR) is 77.1 cm³/mol. The summed E-state index contributed by atoms with van der Waals surface area (Å²) in [7, 11) is 1.61. The van der Waals surface area contributed by atoms with Crippen LogP contribution in [-0.4, -0.2) is 33.8 Å². The first-order chi connectivity index (χ1) is 9.72. The summed E-state index contributed by atoms with van der Waals surface area (Å²) in [5, 5.41) is 20.6. The first-order valence-electron chi connectivity index (χ1n) is 6.30. The lowest BCUT2D eigenvalue weighted by molar-refractivity contribution is 0.276. The third kappa shape index (κ3) is 3.85. The van der Waals surface area contributed by atoms with Gasteiger partial charge in [-0.2, -0.15) is 0 Å². The number of aliphatic hydroxyl groups is 1. The number of anilines is 1. The maximum Gasteiger partial charge on any atom is 0.121 e. The van der Waals surface area contributed by atoms with Gasteiger partial charge in [0.05, 0.1) is 30.6 Å². The van der Waals surface area contributed by atoms with Crippen LogP contribution in [0.1, 0.15) is 12.1 Å². The van der Waals surface area contributed by atoms with Gasteiger partial charge in [-0.05, 0) is 18.6 Å². The van der Waals surface area contributed by atoms with Crippen LogP contribution >= 0.6 is 11.6 Å². The highest BCUT2D eigenvalue weighted by molar-refractivity contribution is 6.33. The molecule has 20 heavy (non-hydrogen) atoms. The summed E-state index contributed by atoms with van der Waals surface area (Å²) in [6.45, 7) is 1.32. The van der Waals surface area contributed by atoms with E-state index in [4.69, 9.17) is 21.4 Å². The van der Waals surface area contributed by atoms with Crippen molar-refractivity contribution in [2.45, 2.75) is 19.5 Å². The molecular weight excluding hydrogens is 280 g/mol. The Balaban J connectivity index is 1.96. The summed E-state index contributed by atoms with van der Waals surface area (Å²) >= 11 is 6.11. The molecule has 0 unspecified atom stereocenters. The highest BCUT2D eigenvalue weighted by atomic mass is 35.5. The average Bonchev–Trinajstić information content (AvgIpc) is 2.92. The van der Waals surface area contributed by atoms with Crippen molar-refractivity contribution in [2.75, 3.05) is 19.0 Å². The molecule has 7 heteroatoms. The van der Waals surface area contributed by atoms with E-state index in [1.165, 1.54) is 0 Å². The van der Waals surface area contributed by atoms with Crippen LogP contribution in [-0.2, 0) is 13.1 Å². The lowest BCUT2D eigenvalue weighted by Crippen LogP contribution is -2.01. The first kappa shape index (κ1) is 14.6. The smallest absolute Gasteiger partial charge is 0.121 e. The zero-order chi connectivity index (χ0) is 14.4. The normalized spacial score (nSPS) is 10.6. The number of aryl methyl sites for hydroxylation is 1. The zero-order valence-electron chi connectivity index (χ0n) is 11.2. The SMILES string of the molecule is COc1ccc(Cl)c(NCc2cn(CCCO)nn2)c1. The molecule has 2 rings (SSSR count). The Morgan fingerprint density at radius 1 is 1.45 bits per heavy atom. The maximum atomic E-state index is 8.77. The molecule has 108 valence electrons. The van der Waals surface area contributed by atoms with Gasteiger partial charge in [-0.25, -0.2) is 0 Å². The topological polar surface area (TPSA) is 72.2 Å². The van der Waals surface area contributed by atoms with Crippen LogP contribution in [0, 0.1) is 0 Å². The molecule has 0 atom stereocenters. The molecule has 0 saturated carbocycles. The van der Waals surface area contributed by atoms with Gasteiger partial charge >= 0.3 is 0 Å². The van der Waals surface area contributed by atoms with Gasteiger partial charge in [-0.3, -0.25) is 4.68 Å². The van der Waals surface area contributed by atoms with Crippen LogP contribution in [0.15, 0.2) is 24.4 Å². The number of nitrogens with one attached hydrogen (secondary N) is 1. The van der Waals surface area contributed by atoms with E-state index in [2.05, 4.69) is 15.6 Å². The number of hydrogen-bond acceptors (Lipinski definition) is 5. The molecule has 2 aromatic rings. The molecular formula is C13H17ClN4O2. The lowest BCUT2D eigenvalue weighted by Gasteiger charge is -2.08. The van der Waals surface area contributed by atoms with Gasteiger partial charge in [0, 0.05) is 19.2 Å². The minimum absolute atomic E-state index is 0.146. The summed E-state index contributed by atoms with van der Waals surface area (Å²) in [6, 6.07) is 5.41. The van der Waals surface area contributed by atoms with E-state index in [-0.39, 0.29) is 6.61 Å².